The van der Waals surface area contributed by atoms with Gasteiger partial charge in [-0.05, 0) is 31.1 Å². The summed E-state index contributed by atoms with van der Waals surface area (Å²) in [6.07, 6.45) is 6.99. The zero-order chi connectivity index (χ0) is 18.1. The van der Waals surface area contributed by atoms with Gasteiger partial charge in [-0.3, -0.25) is 9.59 Å². The molecule has 2 rings (SSSR count). The van der Waals surface area contributed by atoms with Crippen molar-refractivity contribution >= 4 is 17.9 Å². The summed E-state index contributed by atoms with van der Waals surface area (Å²) in [7, 11) is 1.26. The molecule has 1 fully saturated rings. The third kappa shape index (κ3) is 5.77. The monoisotopic (exact) mass is 350 g/mol. The molecule has 25 heavy (non-hydrogen) atoms. The van der Waals surface area contributed by atoms with Crippen LogP contribution in [0.15, 0.2) is 35.0 Å². The maximum absolute atomic E-state index is 12.3. The van der Waals surface area contributed by atoms with Crippen LogP contribution in [-0.4, -0.2) is 31.6 Å². The van der Waals surface area contributed by atoms with Crippen LogP contribution in [0.2, 0.25) is 0 Å². The lowest BCUT2D eigenvalue weighted by molar-refractivity contribution is -0.163. The van der Waals surface area contributed by atoms with Crippen molar-refractivity contribution < 1.29 is 33.0 Å². The lowest BCUT2D eigenvalue weighted by Gasteiger charge is -2.28. The van der Waals surface area contributed by atoms with Gasteiger partial charge in [-0.15, -0.1) is 0 Å². The predicted molar refractivity (Wildman–Crippen MR) is 86.1 cm³/mol. The third-order valence-corrected chi connectivity index (χ3v) is 4.09. The van der Waals surface area contributed by atoms with Crippen LogP contribution < -0.4 is 0 Å². The standard InChI is InChI=1S/C18H22O7/c1-22-16(19)9-5-11-24-17(20)14-7-2-3-8-15(14)18(21)25-12-13-6-4-10-23-13/h4-6,9-10,14-15H,2-3,7-8,11-12H2,1H3/b9-5+/t14-,15+/m0/s1. The number of carbonyl (C=O) groups is 3. The molecular formula is C18H22O7. The lowest BCUT2D eigenvalue weighted by atomic mass is 9.79. The number of rotatable bonds is 7. The van der Waals surface area contributed by atoms with Gasteiger partial charge in [-0.25, -0.2) is 4.79 Å². The van der Waals surface area contributed by atoms with E-state index in [0.29, 0.717) is 18.6 Å². The number of methoxy groups -OCH3 is 1. The third-order valence-electron chi connectivity index (χ3n) is 4.09. The molecule has 0 aromatic carbocycles. The topological polar surface area (TPSA) is 92.0 Å². The second-order valence-electron chi connectivity index (χ2n) is 5.74. The number of hydrogen-bond acceptors (Lipinski definition) is 7. The van der Waals surface area contributed by atoms with E-state index >= 15 is 0 Å². The summed E-state index contributed by atoms with van der Waals surface area (Å²) in [4.78, 5) is 35.5. The quantitative estimate of drug-likeness (QED) is 0.423. The van der Waals surface area contributed by atoms with E-state index in [1.165, 1.54) is 25.5 Å². The molecule has 0 aliphatic heterocycles. The smallest absolute Gasteiger partial charge is 0.330 e. The van der Waals surface area contributed by atoms with E-state index < -0.39 is 29.7 Å². The maximum Gasteiger partial charge on any atom is 0.330 e. The largest absolute Gasteiger partial charge is 0.466 e. The lowest BCUT2D eigenvalue weighted by Crippen LogP contribution is -2.35. The van der Waals surface area contributed by atoms with Crippen molar-refractivity contribution in [3.63, 3.8) is 0 Å². The summed E-state index contributed by atoms with van der Waals surface area (Å²) in [5, 5.41) is 0. The zero-order valence-corrected chi connectivity index (χ0v) is 14.1. The Morgan fingerprint density at radius 1 is 1.16 bits per heavy atom. The van der Waals surface area contributed by atoms with Crippen LogP contribution in [0, 0.1) is 11.8 Å². The highest BCUT2D eigenvalue weighted by molar-refractivity contribution is 5.83. The van der Waals surface area contributed by atoms with Gasteiger partial charge in [0.1, 0.15) is 19.0 Å². The molecule has 7 nitrogen and oxygen atoms in total. The molecule has 1 aromatic rings. The van der Waals surface area contributed by atoms with Crippen LogP contribution in [0.25, 0.3) is 0 Å². The van der Waals surface area contributed by atoms with Crippen LogP contribution in [0.4, 0.5) is 0 Å². The van der Waals surface area contributed by atoms with E-state index in [0.717, 1.165) is 12.8 Å². The molecule has 0 saturated heterocycles. The van der Waals surface area contributed by atoms with E-state index in [4.69, 9.17) is 13.9 Å². The van der Waals surface area contributed by atoms with E-state index in [2.05, 4.69) is 4.74 Å². The average molecular weight is 350 g/mol. The number of esters is 3. The molecule has 136 valence electrons. The summed E-state index contributed by atoms with van der Waals surface area (Å²) in [6, 6.07) is 3.43. The minimum atomic E-state index is -0.524. The van der Waals surface area contributed by atoms with Crippen molar-refractivity contribution in [2.75, 3.05) is 13.7 Å². The van der Waals surface area contributed by atoms with Crippen molar-refractivity contribution in [3.05, 3.63) is 36.3 Å². The molecule has 0 unspecified atom stereocenters. The Bertz CT molecular complexity index is 603. The molecular weight excluding hydrogens is 328 g/mol. The van der Waals surface area contributed by atoms with E-state index in [9.17, 15) is 14.4 Å². The van der Waals surface area contributed by atoms with Crippen LogP contribution in [0.5, 0.6) is 0 Å². The Morgan fingerprint density at radius 2 is 1.84 bits per heavy atom. The number of carbonyl (C=O) groups excluding carboxylic acids is 3. The first-order chi connectivity index (χ1) is 12.1. The molecule has 0 bridgehead atoms. The van der Waals surface area contributed by atoms with Crippen molar-refractivity contribution in [2.45, 2.75) is 32.3 Å². The highest BCUT2D eigenvalue weighted by Gasteiger charge is 2.37. The van der Waals surface area contributed by atoms with Crippen molar-refractivity contribution in [3.8, 4) is 0 Å². The second-order valence-corrected chi connectivity index (χ2v) is 5.74. The first-order valence-corrected chi connectivity index (χ1v) is 8.22. The molecule has 1 aromatic heterocycles. The Balaban J connectivity index is 1.85. The fourth-order valence-corrected chi connectivity index (χ4v) is 2.79. The van der Waals surface area contributed by atoms with Crippen LogP contribution in [0.3, 0.4) is 0 Å². The Labute approximate surface area is 145 Å². The molecule has 0 N–H and O–H groups in total. The van der Waals surface area contributed by atoms with Crippen LogP contribution in [-0.2, 0) is 35.2 Å². The van der Waals surface area contributed by atoms with Gasteiger partial charge in [-0.2, -0.15) is 0 Å². The molecule has 1 heterocycles. The Morgan fingerprint density at radius 3 is 2.44 bits per heavy atom. The predicted octanol–water partition coefficient (Wildman–Crippen LogP) is 2.40. The highest BCUT2D eigenvalue weighted by Crippen LogP contribution is 2.32. The Hall–Kier alpha value is -2.57. The van der Waals surface area contributed by atoms with Gasteiger partial charge in [0.15, 0.2) is 0 Å². The first-order valence-electron chi connectivity index (χ1n) is 8.22. The number of hydrogen-bond donors (Lipinski definition) is 0. The fraction of sp³-hybridized carbons (Fsp3) is 0.500. The van der Waals surface area contributed by atoms with Gasteiger partial charge in [0, 0.05) is 6.08 Å². The Kier molecular flexibility index (Phi) is 7.25. The molecule has 0 amide bonds. The number of ether oxygens (including phenoxy) is 3. The van der Waals surface area contributed by atoms with E-state index in [1.807, 2.05) is 0 Å². The van der Waals surface area contributed by atoms with Gasteiger partial charge in [0.25, 0.3) is 0 Å². The van der Waals surface area contributed by atoms with Gasteiger partial charge in [-0.1, -0.05) is 12.8 Å². The van der Waals surface area contributed by atoms with Gasteiger partial charge >= 0.3 is 17.9 Å². The van der Waals surface area contributed by atoms with Crippen LogP contribution in [0.1, 0.15) is 31.4 Å². The first kappa shape index (κ1) is 18.8. The molecule has 1 aliphatic rings. The maximum atomic E-state index is 12.3. The second kappa shape index (κ2) is 9.66. The van der Waals surface area contributed by atoms with E-state index in [1.54, 1.807) is 12.1 Å². The molecule has 1 aliphatic carbocycles. The van der Waals surface area contributed by atoms with Gasteiger partial charge < -0.3 is 18.6 Å². The number of furan rings is 1. The summed E-state index contributed by atoms with van der Waals surface area (Å²) in [5.74, 6) is -1.87. The normalized spacial score (nSPS) is 20.2. The minimum Gasteiger partial charge on any atom is -0.466 e. The summed E-state index contributed by atoms with van der Waals surface area (Å²) in [6.45, 7) is 0.00453. The summed E-state index contributed by atoms with van der Waals surface area (Å²) >= 11 is 0. The minimum absolute atomic E-state index is 0.0431. The van der Waals surface area contributed by atoms with E-state index in [-0.39, 0.29) is 13.2 Å². The zero-order valence-electron chi connectivity index (χ0n) is 14.1. The molecule has 1 saturated carbocycles. The average Bonchev–Trinajstić information content (AvgIpc) is 3.16. The van der Waals surface area contributed by atoms with Crippen molar-refractivity contribution in [2.24, 2.45) is 11.8 Å². The fourth-order valence-electron chi connectivity index (χ4n) is 2.79. The molecule has 0 spiro atoms. The van der Waals surface area contributed by atoms with Crippen molar-refractivity contribution in [1.29, 1.82) is 0 Å². The summed E-state index contributed by atoms with van der Waals surface area (Å²) in [5.41, 5.74) is 0. The molecule has 0 radical (unpaired) electrons. The van der Waals surface area contributed by atoms with Crippen molar-refractivity contribution in [1.82, 2.24) is 0 Å². The summed E-state index contributed by atoms with van der Waals surface area (Å²) < 4.78 is 20.0. The molecule has 2 atom stereocenters. The van der Waals surface area contributed by atoms with Gasteiger partial charge in [0.2, 0.25) is 0 Å². The highest BCUT2D eigenvalue weighted by atomic mass is 16.5. The van der Waals surface area contributed by atoms with Gasteiger partial charge in [0.05, 0.1) is 25.2 Å². The molecule has 7 heteroatoms. The SMILES string of the molecule is COC(=O)/C=C/COC(=O)[C@H]1CCCC[C@H]1C(=O)OCc1ccco1. The van der Waals surface area contributed by atoms with Crippen LogP contribution >= 0.6 is 0 Å².